The van der Waals surface area contributed by atoms with Gasteiger partial charge in [0.05, 0.1) is 0 Å². The molecule has 0 radical (unpaired) electrons. The molecular formula is C9H18N2S2. The van der Waals surface area contributed by atoms with Gasteiger partial charge in [0.2, 0.25) is 0 Å². The topological polar surface area (TPSA) is 6.48 Å². The van der Waals surface area contributed by atoms with E-state index < -0.39 is 0 Å². The number of nitrogens with zero attached hydrogens (tertiary/aromatic N) is 2. The van der Waals surface area contributed by atoms with Gasteiger partial charge in [-0.1, -0.05) is 12.2 Å². The Hall–Kier alpha value is 0.200. The third-order valence-electron chi connectivity index (χ3n) is 2.19. The normalized spacial score (nSPS) is 20.5. The average Bonchev–Trinajstić information content (AvgIpc) is 2.03. The van der Waals surface area contributed by atoms with Crippen LogP contribution in [-0.2, 0) is 0 Å². The summed E-state index contributed by atoms with van der Waals surface area (Å²) >= 11 is 7.07. The highest BCUT2D eigenvalue weighted by Crippen LogP contribution is 2.24. The molecule has 1 saturated heterocycles. The summed E-state index contributed by atoms with van der Waals surface area (Å²) in [6.07, 6.45) is 0. The first-order chi connectivity index (χ1) is 6.02. The SMILES string of the molecule is CC(C)N1CCN(C(C)C)C(=S)S1. The van der Waals surface area contributed by atoms with Crippen LogP contribution in [-0.4, -0.2) is 38.7 Å². The highest BCUT2D eigenvalue weighted by molar-refractivity contribution is 8.21. The van der Waals surface area contributed by atoms with Crippen molar-refractivity contribution in [1.29, 1.82) is 0 Å². The lowest BCUT2D eigenvalue weighted by atomic mass is 10.3. The molecule has 1 heterocycles. The second-order valence-corrected chi connectivity index (χ2v) is 5.56. The molecule has 76 valence electrons. The molecule has 0 amide bonds. The van der Waals surface area contributed by atoms with E-state index in [2.05, 4.69) is 36.9 Å². The number of hydrogen-bond donors (Lipinski definition) is 0. The van der Waals surface area contributed by atoms with Crippen molar-refractivity contribution in [2.75, 3.05) is 13.1 Å². The zero-order chi connectivity index (χ0) is 10.0. The maximum atomic E-state index is 5.35. The van der Waals surface area contributed by atoms with Crippen LogP contribution in [0.1, 0.15) is 27.7 Å². The quantitative estimate of drug-likeness (QED) is 0.518. The first-order valence-electron chi connectivity index (χ1n) is 4.77. The fourth-order valence-corrected chi connectivity index (χ4v) is 2.91. The molecule has 0 aromatic rings. The molecule has 1 rings (SSSR count). The Balaban J connectivity index is 2.52. The molecule has 4 heteroatoms. The lowest BCUT2D eigenvalue weighted by Crippen LogP contribution is -2.46. The Morgan fingerprint density at radius 1 is 1.15 bits per heavy atom. The predicted molar refractivity (Wildman–Crippen MR) is 63.9 cm³/mol. The van der Waals surface area contributed by atoms with Gasteiger partial charge in [-0.05, 0) is 39.6 Å². The van der Waals surface area contributed by atoms with Crippen molar-refractivity contribution < 1.29 is 0 Å². The van der Waals surface area contributed by atoms with Crippen LogP contribution in [0.25, 0.3) is 0 Å². The van der Waals surface area contributed by atoms with Gasteiger partial charge in [0, 0.05) is 25.2 Å². The van der Waals surface area contributed by atoms with Crippen molar-refractivity contribution in [3.8, 4) is 0 Å². The summed E-state index contributed by atoms with van der Waals surface area (Å²) < 4.78 is 3.37. The van der Waals surface area contributed by atoms with E-state index in [9.17, 15) is 0 Å². The van der Waals surface area contributed by atoms with Crippen molar-refractivity contribution in [3.05, 3.63) is 0 Å². The van der Waals surface area contributed by atoms with Crippen molar-refractivity contribution in [3.63, 3.8) is 0 Å². The molecule has 1 aliphatic heterocycles. The zero-order valence-electron chi connectivity index (χ0n) is 8.78. The summed E-state index contributed by atoms with van der Waals surface area (Å²) in [5.74, 6) is 0. The van der Waals surface area contributed by atoms with Crippen molar-refractivity contribution in [2.24, 2.45) is 0 Å². The van der Waals surface area contributed by atoms with Crippen LogP contribution in [0.3, 0.4) is 0 Å². The third-order valence-corrected chi connectivity index (χ3v) is 3.88. The fraction of sp³-hybridized carbons (Fsp3) is 0.889. The lowest BCUT2D eigenvalue weighted by molar-refractivity contribution is 0.291. The second kappa shape index (κ2) is 4.62. The molecule has 0 spiro atoms. The van der Waals surface area contributed by atoms with Crippen LogP contribution in [0, 0.1) is 0 Å². The van der Waals surface area contributed by atoms with E-state index in [4.69, 9.17) is 12.2 Å². The molecule has 13 heavy (non-hydrogen) atoms. The van der Waals surface area contributed by atoms with Gasteiger partial charge < -0.3 is 4.90 Å². The monoisotopic (exact) mass is 218 g/mol. The van der Waals surface area contributed by atoms with Crippen LogP contribution in [0.2, 0.25) is 0 Å². The zero-order valence-corrected chi connectivity index (χ0v) is 10.4. The smallest absolute Gasteiger partial charge is 0.151 e. The van der Waals surface area contributed by atoms with Gasteiger partial charge in [0.25, 0.3) is 0 Å². The van der Waals surface area contributed by atoms with Gasteiger partial charge in [-0.15, -0.1) is 0 Å². The summed E-state index contributed by atoms with van der Waals surface area (Å²) in [7, 11) is 0. The molecule has 0 atom stereocenters. The van der Waals surface area contributed by atoms with Gasteiger partial charge in [0.1, 0.15) is 0 Å². The molecule has 0 bridgehead atoms. The van der Waals surface area contributed by atoms with E-state index in [0.717, 1.165) is 17.4 Å². The maximum absolute atomic E-state index is 5.35. The van der Waals surface area contributed by atoms with Crippen LogP contribution in [0.4, 0.5) is 0 Å². The molecule has 2 nitrogen and oxygen atoms in total. The highest BCUT2D eigenvalue weighted by atomic mass is 32.2. The first-order valence-corrected chi connectivity index (χ1v) is 5.95. The van der Waals surface area contributed by atoms with Crippen LogP contribution < -0.4 is 0 Å². The van der Waals surface area contributed by atoms with Crippen LogP contribution in [0.5, 0.6) is 0 Å². The highest BCUT2D eigenvalue weighted by Gasteiger charge is 2.24. The molecule has 1 fully saturated rings. The Morgan fingerprint density at radius 3 is 2.15 bits per heavy atom. The first kappa shape index (κ1) is 11.3. The van der Waals surface area contributed by atoms with E-state index >= 15 is 0 Å². The number of thiocarbonyl (C=S) groups is 1. The van der Waals surface area contributed by atoms with E-state index in [1.807, 2.05) is 0 Å². The Bertz CT molecular complexity index is 192. The van der Waals surface area contributed by atoms with E-state index in [1.54, 1.807) is 11.9 Å². The van der Waals surface area contributed by atoms with Crippen LogP contribution >= 0.6 is 24.2 Å². The summed E-state index contributed by atoms with van der Waals surface area (Å²) in [5, 5.41) is 0. The number of hydrogen-bond acceptors (Lipinski definition) is 3. The van der Waals surface area contributed by atoms with Gasteiger partial charge in [0.15, 0.2) is 4.32 Å². The van der Waals surface area contributed by atoms with Crippen molar-refractivity contribution >= 4 is 28.5 Å². The largest absolute Gasteiger partial charge is 0.353 e. The molecule has 1 aliphatic rings. The van der Waals surface area contributed by atoms with E-state index in [0.29, 0.717) is 12.1 Å². The summed E-state index contributed by atoms with van der Waals surface area (Å²) in [6.45, 7) is 11.0. The van der Waals surface area contributed by atoms with Crippen molar-refractivity contribution in [2.45, 2.75) is 39.8 Å². The fourth-order valence-electron chi connectivity index (χ4n) is 1.33. The molecule has 0 N–H and O–H groups in total. The molecule has 0 aliphatic carbocycles. The Kier molecular flexibility index (Phi) is 4.01. The molecule has 0 unspecified atom stereocenters. The summed E-state index contributed by atoms with van der Waals surface area (Å²) in [4.78, 5) is 2.29. The lowest BCUT2D eigenvalue weighted by Gasteiger charge is -2.39. The number of rotatable bonds is 2. The van der Waals surface area contributed by atoms with Gasteiger partial charge in [-0.3, -0.25) is 0 Å². The maximum Gasteiger partial charge on any atom is 0.151 e. The molecule has 0 aromatic carbocycles. The minimum Gasteiger partial charge on any atom is -0.353 e. The van der Waals surface area contributed by atoms with E-state index in [1.165, 1.54) is 0 Å². The molecule has 0 saturated carbocycles. The Morgan fingerprint density at radius 2 is 1.77 bits per heavy atom. The minimum absolute atomic E-state index is 0.536. The summed E-state index contributed by atoms with van der Waals surface area (Å²) in [6, 6.07) is 1.12. The standard InChI is InChI=1S/C9H18N2S2/c1-7(2)10-5-6-11(8(3)4)13-9(10)12/h7-8H,5-6H2,1-4H3. The second-order valence-electron chi connectivity index (χ2n) is 3.88. The molecule has 0 aromatic heterocycles. The molecular weight excluding hydrogens is 200 g/mol. The van der Waals surface area contributed by atoms with Gasteiger partial charge >= 0.3 is 0 Å². The average molecular weight is 218 g/mol. The van der Waals surface area contributed by atoms with Crippen LogP contribution in [0.15, 0.2) is 0 Å². The van der Waals surface area contributed by atoms with Gasteiger partial charge in [-0.2, -0.15) is 0 Å². The Labute approximate surface area is 90.8 Å². The third kappa shape index (κ3) is 2.82. The van der Waals surface area contributed by atoms with Crippen molar-refractivity contribution in [1.82, 2.24) is 9.21 Å². The summed E-state index contributed by atoms with van der Waals surface area (Å²) in [5.41, 5.74) is 0. The predicted octanol–water partition coefficient (Wildman–Crippen LogP) is 2.35. The minimum atomic E-state index is 0.536. The van der Waals surface area contributed by atoms with E-state index in [-0.39, 0.29) is 0 Å². The van der Waals surface area contributed by atoms with Gasteiger partial charge in [-0.25, -0.2) is 4.31 Å².